The van der Waals surface area contributed by atoms with Gasteiger partial charge in [0.2, 0.25) is 5.91 Å². The van der Waals surface area contributed by atoms with Gasteiger partial charge in [-0.3, -0.25) is 14.1 Å². The Morgan fingerprint density at radius 2 is 1.84 bits per heavy atom. The van der Waals surface area contributed by atoms with Crippen molar-refractivity contribution in [2.45, 2.75) is 19.1 Å². The van der Waals surface area contributed by atoms with E-state index in [0.29, 0.717) is 24.6 Å². The lowest BCUT2D eigenvalue weighted by molar-refractivity contribution is -0.117. The first-order valence-electron chi connectivity index (χ1n) is 10.3. The molecule has 2 fully saturated rings. The maximum absolute atomic E-state index is 13.1. The Hall–Kier alpha value is -2.78. The van der Waals surface area contributed by atoms with Crippen LogP contribution in [0.5, 0.6) is 0 Å². The Balaban J connectivity index is 1.32. The standard InChI is InChI=1S/C22H23FN4O3S/c23-18-12-17(18)22(28)25-20-14-27-19(2-1-3-21(27)24-20)16-6-4-15(5-7-16)13-26-8-10-31(29,30)11-9-26/h1-7,14,17-18H,8-13H2,(H,25,28)/t17-,18-/m0/s1. The Morgan fingerprint density at radius 3 is 2.52 bits per heavy atom. The molecule has 9 heteroatoms. The van der Waals surface area contributed by atoms with Gasteiger partial charge in [-0.25, -0.2) is 17.8 Å². The molecule has 2 atom stereocenters. The molecule has 2 aliphatic rings. The molecule has 1 N–H and O–H groups in total. The van der Waals surface area contributed by atoms with E-state index in [1.807, 2.05) is 46.9 Å². The number of nitrogens with zero attached hydrogens (tertiary/aromatic N) is 3. The lowest BCUT2D eigenvalue weighted by atomic mass is 10.1. The van der Waals surface area contributed by atoms with Gasteiger partial charge in [0.05, 0.1) is 29.3 Å². The molecule has 2 aromatic heterocycles. The predicted molar refractivity (Wildman–Crippen MR) is 116 cm³/mol. The molecule has 3 heterocycles. The van der Waals surface area contributed by atoms with Gasteiger partial charge in [-0.15, -0.1) is 0 Å². The zero-order valence-corrected chi connectivity index (χ0v) is 17.7. The lowest BCUT2D eigenvalue weighted by Gasteiger charge is -2.26. The third-order valence-corrected chi connectivity index (χ3v) is 7.49. The fourth-order valence-corrected chi connectivity index (χ4v) is 5.18. The molecule has 1 aliphatic carbocycles. The molecule has 7 nitrogen and oxygen atoms in total. The quantitative estimate of drug-likeness (QED) is 0.657. The van der Waals surface area contributed by atoms with Crippen LogP contribution < -0.4 is 5.32 Å². The summed E-state index contributed by atoms with van der Waals surface area (Å²) in [7, 11) is -2.88. The number of pyridine rings is 1. The van der Waals surface area contributed by atoms with E-state index in [9.17, 15) is 17.6 Å². The molecule has 0 unspecified atom stereocenters. The van der Waals surface area contributed by atoms with Crippen molar-refractivity contribution >= 4 is 27.2 Å². The van der Waals surface area contributed by atoms with Crippen molar-refractivity contribution in [1.82, 2.24) is 14.3 Å². The van der Waals surface area contributed by atoms with Crippen LogP contribution in [0.3, 0.4) is 0 Å². The largest absolute Gasteiger partial charge is 0.309 e. The number of sulfone groups is 1. The Kier molecular flexibility index (Phi) is 5.02. The fourth-order valence-electron chi connectivity index (χ4n) is 3.91. The molecule has 3 aromatic rings. The normalized spacial score (nSPS) is 23.0. The third-order valence-electron chi connectivity index (χ3n) is 5.89. The number of amides is 1. The maximum atomic E-state index is 13.1. The van der Waals surface area contributed by atoms with Crippen LogP contribution >= 0.6 is 0 Å². The van der Waals surface area contributed by atoms with Crippen LogP contribution in [0.15, 0.2) is 48.7 Å². The third kappa shape index (κ3) is 4.33. The van der Waals surface area contributed by atoms with Crippen molar-refractivity contribution in [3.8, 4) is 11.3 Å². The first-order chi connectivity index (χ1) is 14.9. The summed E-state index contributed by atoms with van der Waals surface area (Å²) in [6.45, 7) is 1.85. The minimum absolute atomic E-state index is 0.222. The van der Waals surface area contributed by atoms with Gasteiger partial charge in [0, 0.05) is 19.6 Å². The molecule has 0 spiro atoms. The number of aromatic nitrogens is 2. The number of fused-ring (bicyclic) bond motifs is 1. The van der Waals surface area contributed by atoms with Crippen molar-refractivity contribution in [2.24, 2.45) is 5.92 Å². The van der Waals surface area contributed by atoms with Gasteiger partial charge in [0.15, 0.2) is 15.7 Å². The summed E-state index contributed by atoms with van der Waals surface area (Å²) in [5.74, 6) is -0.0316. The average molecular weight is 443 g/mol. The van der Waals surface area contributed by atoms with E-state index in [2.05, 4.69) is 15.2 Å². The number of rotatable bonds is 5. The summed E-state index contributed by atoms with van der Waals surface area (Å²) in [5, 5.41) is 2.70. The van der Waals surface area contributed by atoms with Gasteiger partial charge in [0.25, 0.3) is 0 Å². The first-order valence-corrected chi connectivity index (χ1v) is 12.2. The summed E-state index contributed by atoms with van der Waals surface area (Å²) in [6, 6.07) is 13.9. The topological polar surface area (TPSA) is 83.8 Å². The number of halogens is 1. The highest BCUT2D eigenvalue weighted by Crippen LogP contribution is 2.34. The van der Waals surface area contributed by atoms with Gasteiger partial charge in [0.1, 0.15) is 11.8 Å². The number of carbonyl (C=O) groups excluding carboxylic acids is 1. The van der Waals surface area contributed by atoms with Crippen LogP contribution in [0, 0.1) is 5.92 Å². The van der Waals surface area contributed by atoms with E-state index < -0.39 is 21.9 Å². The summed E-state index contributed by atoms with van der Waals surface area (Å²) >= 11 is 0. The molecule has 1 amide bonds. The highest BCUT2D eigenvalue weighted by atomic mass is 32.2. The summed E-state index contributed by atoms with van der Waals surface area (Å²) < 4.78 is 38.2. The number of anilines is 1. The fraction of sp³-hybridized carbons (Fsp3) is 0.364. The number of alkyl halides is 1. The van der Waals surface area contributed by atoms with E-state index in [-0.39, 0.29) is 23.8 Å². The second-order valence-electron chi connectivity index (χ2n) is 8.24. The average Bonchev–Trinajstić information content (AvgIpc) is 3.34. The molecule has 162 valence electrons. The molecule has 0 bridgehead atoms. The van der Waals surface area contributed by atoms with E-state index in [0.717, 1.165) is 23.4 Å². The second-order valence-corrected chi connectivity index (χ2v) is 10.5. The maximum Gasteiger partial charge on any atom is 0.231 e. The Bertz CT molecular complexity index is 1230. The molecule has 5 rings (SSSR count). The zero-order valence-electron chi connectivity index (χ0n) is 16.9. The van der Waals surface area contributed by atoms with Gasteiger partial charge in [-0.2, -0.15) is 0 Å². The number of hydrogen-bond donors (Lipinski definition) is 1. The molecule has 31 heavy (non-hydrogen) atoms. The summed E-state index contributed by atoms with van der Waals surface area (Å²) in [5.41, 5.74) is 3.74. The van der Waals surface area contributed by atoms with Crippen LogP contribution in [0.1, 0.15) is 12.0 Å². The van der Waals surface area contributed by atoms with Gasteiger partial charge in [-0.05, 0) is 29.7 Å². The van der Waals surface area contributed by atoms with E-state index in [1.54, 1.807) is 6.20 Å². The first kappa shape index (κ1) is 20.1. The van der Waals surface area contributed by atoms with Crippen molar-refractivity contribution in [1.29, 1.82) is 0 Å². The van der Waals surface area contributed by atoms with Crippen LogP contribution in [-0.2, 0) is 21.2 Å². The lowest BCUT2D eigenvalue weighted by Crippen LogP contribution is -2.39. The van der Waals surface area contributed by atoms with Crippen molar-refractivity contribution in [3.05, 3.63) is 54.2 Å². The Labute approximate surface area is 179 Å². The van der Waals surface area contributed by atoms with Crippen LogP contribution in [0.25, 0.3) is 16.9 Å². The van der Waals surface area contributed by atoms with Gasteiger partial charge >= 0.3 is 0 Å². The molecule has 1 aliphatic heterocycles. The summed E-state index contributed by atoms with van der Waals surface area (Å²) in [4.78, 5) is 18.6. The van der Waals surface area contributed by atoms with E-state index in [1.165, 1.54) is 0 Å². The van der Waals surface area contributed by atoms with E-state index in [4.69, 9.17) is 0 Å². The van der Waals surface area contributed by atoms with Gasteiger partial charge in [-0.1, -0.05) is 30.3 Å². The molecule has 0 radical (unpaired) electrons. The van der Waals surface area contributed by atoms with Crippen LogP contribution in [-0.4, -0.2) is 59.4 Å². The predicted octanol–water partition coefficient (Wildman–Crippen LogP) is 2.53. The van der Waals surface area contributed by atoms with E-state index >= 15 is 0 Å². The van der Waals surface area contributed by atoms with Crippen LogP contribution in [0.4, 0.5) is 10.2 Å². The second kappa shape index (κ2) is 7.72. The van der Waals surface area contributed by atoms with Crippen molar-refractivity contribution in [2.75, 3.05) is 29.9 Å². The van der Waals surface area contributed by atoms with Crippen molar-refractivity contribution in [3.63, 3.8) is 0 Å². The van der Waals surface area contributed by atoms with Gasteiger partial charge < -0.3 is 5.32 Å². The molecular formula is C22H23FN4O3S. The number of carbonyl (C=O) groups is 1. The smallest absolute Gasteiger partial charge is 0.231 e. The minimum Gasteiger partial charge on any atom is -0.309 e. The molecular weight excluding hydrogens is 419 g/mol. The molecule has 1 saturated carbocycles. The summed E-state index contributed by atoms with van der Waals surface area (Å²) in [6.07, 6.45) is 0.991. The number of hydrogen-bond acceptors (Lipinski definition) is 5. The monoisotopic (exact) mass is 442 g/mol. The minimum atomic E-state index is -2.88. The highest BCUT2D eigenvalue weighted by molar-refractivity contribution is 7.91. The zero-order chi connectivity index (χ0) is 21.6. The SMILES string of the molecule is O=C(Nc1cn2c(-c3ccc(CN4CCS(=O)(=O)CC4)cc3)cccc2n1)[C@H]1C[C@@H]1F. The Morgan fingerprint density at radius 1 is 1.13 bits per heavy atom. The highest BCUT2D eigenvalue weighted by Gasteiger charge is 2.43. The number of imidazole rings is 1. The molecule has 1 aromatic carbocycles. The molecule has 1 saturated heterocycles. The number of nitrogens with one attached hydrogen (secondary N) is 1. The van der Waals surface area contributed by atoms with Crippen molar-refractivity contribution < 1.29 is 17.6 Å². The van der Waals surface area contributed by atoms with Crippen LogP contribution in [0.2, 0.25) is 0 Å². The number of benzene rings is 1.